The van der Waals surface area contributed by atoms with Gasteiger partial charge in [0, 0.05) is 0 Å². The van der Waals surface area contributed by atoms with E-state index < -0.39 is 73.4 Å². The smallest absolute Gasteiger partial charge is 0.419 e. The number of esters is 2. The van der Waals surface area contributed by atoms with E-state index in [2.05, 4.69) is 0 Å². The van der Waals surface area contributed by atoms with Crippen LogP contribution in [0.4, 0.5) is 0 Å². The Balaban J connectivity index is 1.39. The van der Waals surface area contributed by atoms with Crippen LogP contribution in [0.3, 0.4) is 0 Å². The molecule has 8 atom stereocenters. The van der Waals surface area contributed by atoms with E-state index in [9.17, 15) is 30.0 Å². The first-order valence-electron chi connectivity index (χ1n) is 7.97. The lowest BCUT2D eigenvalue weighted by atomic mass is 10.1. The summed E-state index contributed by atoms with van der Waals surface area (Å²) in [6, 6.07) is 0. The van der Waals surface area contributed by atoms with E-state index in [0.29, 0.717) is 0 Å². The minimum Gasteiger partial charge on any atom is -0.419 e. The molecule has 26 heavy (non-hydrogen) atoms. The van der Waals surface area contributed by atoms with Crippen LogP contribution in [0.25, 0.3) is 0 Å². The van der Waals surface area contributed by atoms with E-state index in [4.69, 9.17) is 28.4 Å². The monoisotopic (exact) mass is 378 g/mol. The Morgan fingerprint density at radius 2 is 1.15 bits per heavy atom. The first kappa shape index (κ1) is 18.0. The van der Waals surface area contributed by atoms with Gasteiger partial charge in [-0.15, -0.1) is 0 Å². The number of rotatable bonds is 2. The molecule has 12 heteroatoms. The van der Waals surface area contributed by atoms with Crippen LogP contribution in [0.5, 0.6) is 0 Å². The molecule has 0 radical (unpaired) electrons. The molecule has 4 N–H and O–H groups in total. The van der Waals surface area contributed by atoms with Gasteiger partial charge in [-0.2, -0.15) is 0 Å². The zero-order chi connectivity index (χ0) is 18.7. The van der Waals surface area contributed by atoms with Crippen molar-refractivity contribution in [2.24, 2.45) is 0 Å². The van der Waals surface area contributed by atoms with Crippen LogP contribution in [0.1, 0.15) is 0 Å². The predicted molar refractivity (Wildman–Crippen MR) is 73.1 cm³/mol. The SMILES string of the molecule is O=C(O[C@@]1(O)CO[C@@H]2[C@H](O)CO[C@@H]21)C(=O)O[C@@]1(O)CO[C@@H]2[C@H](O)CO[C@@H]21. The summed E-state index contributed by atoms with van der Waals surface area (Å²) in [4.78, 5) is 24.0. The zero-order valence-electron chi connectivity index (χ0n) is 13.3. The maximum atomic E-state index is 12.0. The Morgan fingerprint density at radius 1 is 0.769 bits per heavy atom. The lowest BCUT2D eigenvalue weighted by molar-refractivity contribution is -0.257. The average Bonchev–Trinajstić information content (AvgIpc) is 3.29. The number of aliphatic hydroxyl groups is 4. The molecule has 4 fully saturated rings. The maximum absolute atomic E-state index is 12.0. The van der Waals surface area contributed by atoms with E-state index in [1.165, 1.54) is 0 Å². The molecule has 0 unspecified atom stereocenters. The molecule has 4 saturated heterocycles. The Morgan fingerprint density at radius 3 is 1.54 bits per heavy atom. The summed E-state index contributed by atoms with van der Waals surface area (Å²) < 4.78 is 30.0. The second-order valence-corrected chi connectivity index (χ2v) is 6.66. The molecule has 0 aromatic heterocycles. The lowest BCUT2D eigenvalue weighted by Gasteiger charge is -2.28. The Labute approximate surface area is 146 Å². The van der Waals surface area contributed by atoms with Gasteiger partial charge in [0.2, 0.25) is 0 Å². The highest BCUT2D eigenvalue weighted by Gasteiger charge is 2.61. The fourth-order valence-electron chi connectivity index (χ4n) is 3.53. The van der Waals surface area contributed by atoms with Crippen molar-refractivity contribution in [3.63, 3.8) is 0 Å². The third-order valence-corrected chi connectivity index (χ3v) is 4.81. The van der Waals surface area contributed by atoms with Gasteiger partial charge in [0.25, 0.3) is 11.6 Å². The summed E-state index contributed by atoms with van der Waals surface area (Å²) in [5.74, 6) is -7.76. The fraction of sp³-hybridized carbons (Fsp3) is 0.857. The number of fused-ring (bicyclic) bond motifs is 2. The molecule has 4 rings (SSSR count). The van der Waals surface area contributed by atoms with Crippen molar-refractivity contribution in [2.75, 3.05) is 26.4 Å². The van der Waals surface area contributed by atoms with Crippen LogP contribution >= 0.6 is 0 Å². The molecule has 0 bridgehead atoms. The van der Waals surface area contributed by atoms with E-state index in [0.717, 1.165) is 0 Å². The molecule has 4 aliphatic rings. The molecule has 4 aliphatic heterocycles. The van der Waals surface area contributed by atoms with Gasteiger partial charge in [0.05, 0.1) is 13.2 Å². The van der Waals surface area contributed by atoms with Crippen LogP contribution in [-0.2, 0) is 38.0 Å². The van der Waals surface area contributed by atoms with E-state index in [1.54, 1.807) is 0 Å². The van der Waals surface area contributed by atoms with E-state index >= 15 is 0 Å². The summed E-state index contributed by atoms with van der Waals surface area (Å²) in [6.07, 6.45) is -6.12. The third-order valence-electron chi connectivity index (χ3n) is 4.81. The van der Waals surface area contributed by atoms with Gasteiger partial charge in [0.15, 0.2) is 12.2 Å². The summed E-state index contributed by atoms with van der Waals surface area (Å²) in [5, 5.41) is 40.0. The number of carbonyl (C=O) groups is 2. The lowest BCUT2D eigenvalue weighted by Crippen LogP contribution is -2.52. The van der Waals surface area contributed by atoms with Crippen molar-refractivity contribution in [1.82, 2.24) is 0 Å². The largest absolute Gasteiger partial charge is 0.420 e. The second-order valence-electron chi connectivity index (χ2n) is 6.66. The van der Waals surface area contributed by atoms with Crippen molar-refractivity contribution in [3.05, 3.63) is 0 Å². The van der Waals surface area contributed by atoms with Crippen LogP contribution in [0, 0.1) is 0 Å². The number of hydrogen-bond donors (Lipinski definition) is 4. The zero-order valence-corrected chi connectivity index (χ0v) is 13.3. The van der Waals surface area contributed by atoms with Gasteiger partial charge in [0.1, 0.15) is 37.6 Å². The van der Waals surface area contributed by atoms with Gasteiger partial charge in [-0.3, -0.25) is 0 Å². The van der Waals surface area contributed by atoms with Gasteiger partial charge in [-0.1, -0.05) is 0 Å². The molecule has 0 amide bonds. The molecule has 4 heterocycles. The standard InChI is InChI=1S/C14H18O12/c15-5-1-21-9-7(5)23-3-13(9,19)25-11(17)12(18)26-14(20)4-24-8-6(16)2-22-10(8)14/h5-10,15-16,19-20H,1-4H2/t5-,6-,7-,8-,9+,10+,13+,14+/m1/s1. The van der Waals surface area contributed by atoms with Crippen molar-refractivity contribution < 1.29 is 58.4 Å². The first-order valence-corrected chi connectivity index (χ1v) is 7.97. The summed E-state index contributed by atoms with van der Waals surface area (Å²) >= 11 is 0. The highest BCUT2D eigenvalue weighted by molar-refractivity contribution is 6.29. The molecule has 12 nitrogen and oxygen atoms in total. The molecule has 146 valence electrons. The first-order chi connectivity index (χ1) is 12.2. The third kappa shape index (κ3) is 2.70. The minimum absolute atomic E-state index is 0.126. The quantitative estimate of drug-likeness (QED) is 0.208. The molecular formula is C14H18O12. The summed E-state index contributed by atoms with van der Waals surface area (Å²) in [7, 11) is 0. The number of carbonyl (C=O) groups excluding carboxylic acids is 2. The van der Waals surface area contributed by atoms with Crippen molar-refractivity contribution >= 4 is 11.9 Å². The van der Waals surface area contributed by atoms with Crippen molar-refractivity contribution in [2.45, 2.75) is 48.2 Å². The van der Waals surface area contributed by atoms with Gasteiger partial charge < -0.3 is 48.8 Å². The second kappa shape index (κ2) is 6.07. The molecule has 0 aromatic carbocycles. The Hall–Kier alpha value is -1.38. The number of hydrogen-bond acceptors (Lipinski definition) is 12. The fourth-order valence-corrected chi connectivity index (χ4v) is 3.53. The van der Waals surface area contributed by atoms with Crippen LogP contribution in [0.2, 0.25) is 0 Å². The van der Waals surface area contributed by atoms with Crippen LogP contribution in [0.15, 0.2) is 0 Å². The van der Waals surface area contributed by atoms with Crippen LogP contribution in [-0.4, -0.2) is 107 Å². The highest BCUT2D eigenvalue weighted by atomic mass is 16.8. The van der Waals surface area contributed by atoms with Crippen molar-refractivity contribution in [3.8, 4) is 0 Å². The normalized spacial score (nSPS) is 49.7. The van der Waals surface area contributed by atoms with Crippen LogP contribution < -0.4 is 0 Å². The topological polar surface area (TPSA) is 170 Å². The van der Waals surface area contributed by atoms with Gasteiger partial charge in [-0.05, 0) is 0 Å². The van der Waals surface area contributed by atoms with Gasteiger partial charge in [-0.25, -0.2) is 9.59 Å². The number of ether oxygens (including phenoxy) is 6. The van der Waals surface area contributed by atoms with E-state index in [1.807, 2.05) is 0 Å². The number of aliphatic hydroxyl groups excluding tert-OH is 2. The summed E-state index contributed by atoms with van der Waals surface area (Å²) in [6.45, 7) is -1.27. The average molecular weight is 378 g/mol. The molecule has 0 aromatic rings. The molecule has 0 saturated carbocycles. The Bertz CT molecular complexity index is 559. The molecule has 0 spiro atoms. The van der Waals surface area contributed by atoms with E-state index in [-0.39, 0.29) is 13.2 Å². The van der Waals surface area contributed by atoms with Gasteiger partial charge >= 0.3 is 11.9 Å². The maximum Gasteiger partial charge on any atom is 0.420 e. The van der Waals surface area contributed by atoms with Crippen molar-refractivity contribution in [1.29, 1.82) is 0 Å². The predicted octanol–water partition coefficient (Wildman–Crippen LogP) is -4.23. The minimum atomic E-state index is -2.28. The molecular weight excluding hydrogens is 360 g/mol. The summed E-state index contributed by atoms with van der Waals surface area (Å²) in [5.41, 5.74) is 0. The molecule has 0 aliphatic carbocycles. The highest BCUT2D eigenvalue weighted by Crippen LogP contribution is 2.37. The Kier molecular flexibility index (Phi) is 4.20.